The fourth-order valence-electron chi connectivity index (χ4n) is 1.88. The summed E-state index contributed by atoms with van der Waals surface area (Å²) in [6, 6.07) is 0.720. The standard InChI is InChI=1S/C8H14BrNO/c9-7-1-3-10(5-7)8-2-4-11-6-8/h7-8H,1-6H2. The molecule has 2 unspecified atom stereocenters. The van der Waals surface area contributed by atoms with E-state index in [0.29, 0.717) is 0 Å². The number of alkyl halides is 1. The molecule has 0 saturated carbocycles. The predicted octanol–water partition coefficient (Wildman–Crippen LogP) is 1.24. The summed E-state index contributed by atoms with van der Waals surface area (Å²) in [6.07, 6.45) is 2.54. The molecule has 0 aliphatic carbocycles. The number of rotatable bonds is 1. The summed E-state index contributed by atoms with van der Waals surface area (Å²) in [5.74, 6) is 0. The summed E-state index contributed by atoms with van der Waals surface area (Å²) in [6.45, 7) is 4.39. The van der Waals surface area contributed by atoms with Crippen molar-refractivity contribution in [2.45, 2.75) is 23.7 Å². The van der Waals surface area contributed by atoms with Crippen LogP contribution in [0.3, 0.4) is 0 Å². The molecule has 64 valence electrons. The van der Waals surface area contributed by atoms with Crippen LogP contribution < -0.4 is 0 Å². The molecular weight excluding hydrogens is 206 g/mol. The van der Waals surface area contributed by atoms with E-state index in [1.54, 1.807) is 0 Å². The lowest BCUT2D eigenvalue weighted by Crippen LogP contribution is -2.33. The van der Waals surface area contributed by atoms with Crippen molar-refractivity contribution in [3.8, 4) is 0 Å². The second-order valence-electron chi connectivity index (χ2n) is 3.40. The first-order valence-electron chi connectivity index (χ1n) is 4.32. The van der Waals surface area contributed by atoms with Crippen LogP contribution in [0.25, 0.3) is 0 Å². The Labute approximate surface area is 76.0 Å². The van der Waals surface area contributed by atoms with Gasteiger partial charge in [0.05, 0.1) is 6.61 Å². The second-order valence-corrected chi connectivity index (χ2v) is 4.69. The quantitative estimate of drug-likeness (QED) is 0.616. The van der Waals surface area contributed by atoms with Gasteiger partial charge < -0.3 is 4.74 Å². The maximum atomic E-state index is 5.35. The van der Waals surface area contributed by atoms with E-state index in [1.807, 2.05) is 0 Å². The zero-order valence-electron chi connectivity index (χ0n) is 6.63. The first-order valence-corrected chi connectivity index (χ1v) is 5.23. The van der Waals surface area contributed by atoms with Gasteiger partial charge in [0.15, 0.2) is 0 Å². The van der Waals surface area contributed by atoms with E-state index in [9.17, 15) is 0 Å². The van der Waals surface area contributed by atoms with E-state index >= 15 is 0 Å². The van der Waals surface area contributed by atoms with Crippen LogP contribution in [0.4, 0.5) is 0 Å². The van der Waals surface area contributed by atoms with Crippen LogP contribution in [-0.4, -0.2) is 42.1 Å². The Morgan fingerprint density at radius 3 is 2.82 bits per heavy atom. The van der Waals surface area contributed by atoms with Crippen molar-refractivity contribution in [1.82, 2.24) is 4.90 Å². The van der Waals surface area contributed by atoms with Gasteiger partial charge in [-0.15, -0.1) is 0 Å². The van der Waals surface area contributed by atoms with Crippen molar-refractivity contribution < 1.29 is 4.74 Å². The molecule has 2 aliphatic rings. The van der Waals surface area contributed by atoms with Crippen LogP contribution in [0.5, 0.6) is 0 Å². The first-order chi connectivity index (χ1) is 5.36. The van der Waals surface area contributed by atoms with E-state index in [0.717, 1.165) is 24.1 Å². The fraction of sp³-hybridized carbons (Fsp3) is 1.00. The van der Waals surface area contributed by atoms with Crippen LogP contribution in [-0.2, 0) is 4.74 Å². The fourth-order valence-corrected chi connectivity index (χ4v) is 2.46. The Morgan fingerprint density at radius 1 is 1.36 bits per heavy atom. The van der Waals surface area contributed by atoms with E-state index in [2.05, 4.69) is 20.8 Å². The van der Waals surface area contributed by atoms with E-state index < -0.39 is 0 Å². The zero-order chi connectivity index (χ0) is 7.68. The minimum atomic E-state index is 0.720. The summed E-state index contributed by atoms with van der Waals surface area (Å²) >= 11 is 3.64. The molecule has 0 aromatic heterocycles. The number of hydrogen-bond acceptors (Lipinski definition) is 2. The second kappa shape index (κ2) is 3.42. The molecule has 2 atom stereocenters. The summed E-state index contributed by atoms with van der Waals surface area (Å²) in [5, 5.41) is 0. The Morgan fingerprint density at radius 2 is 2.27 bits per heavy atom. The van der Waals surface area contributed by atoms with Crippen molar-refractivity contribution in [1.29, 1.82) is 0 Å². The normalized spacial score (nSPS) is 40.1. The average molecular weight is 220 g/mol. The van der Waals surface area contributed by atoms with Crippen LogP contribution in [0, 0.1) is 0 Å². The third-order valence-corrected chi connectivity index (χ3v) is 3.33. The third kappa shape index (κ3) is 1.76. The average Bonchev–Trinajstić information content (AvgIpc) is 2.55. The zero-order valence-corrected chi connectivity index (χ0v) is 8.22. The highest BCUT2D eigenvalue weighted by Crippen LogP contribution is 2.22. The largest absolute Gasteiger partial charge is 0.380 e. The molecule has 0 bridgehead atoms. The Bertz CT molecular complexity index is 136. The molecule has 0 spiro atoms. The highest BCUT2D eigenvalue weighted by Gasteiger charge is 2.28. The Hall–Kier alpha value is 0.400. The summed E-state index contributed by atoms with van der Waals surface area (Å²) < 4.78 is 5.35. The molecule has 2 rings (SSSR count). The van der Waals surface area contributed by atoms with Gasteiger partial charge in [-0.25, -0.2) is 0 Å². The molecule has 2 fully saturated rings. The molecule has 2 saturated heterocycles. The van der Waals surface area contributed by atoms with Crippen molar-refractivity contribution in [3.63, 3.8) is 0 Å². The van der Waals surface area contributed by atoms with Crippen molar-refractivity contribution >= 4 is 15.9 Å². The number of halogens is 1. The molecular formula is C8H14BrNO. The molecule has 3 heteroatoms. The van der Waals surface area contributed by atoms with E-state index in [-0.39, 0.29) is 0 Å². The molecule has 2 aliphatic heterocycles. The lowest BCUT2D eigenvalue weighted by Gasteiger charge is -2.21. The number of nitrogens with zero attached hydrogens (tertiary/aromatic N) is 1. The SMILES string of the molecule is BrC1CCN(C2CCOC2)C1. The van der Waals surface area contributed by atoms with Crippen LogP contribution in [0.1, 0.15) is 12.8 Å². The van der Waals surface area contributed by atoms with Gasteiger partial charge in [-0.2, -0.15) is 0 Å². The monoisotopic (exact) mass is 219 g/mol. The van der Waals surface area contributed by atoms with Crippen LogP contribution >= 0.6 is 15.9 Å². The maximum absolute atomic E-state index is 5.35. The van der Waals surface area contributed by atoms with Gasteiger partial charge in [-0.1, -0.05) is 15.9 Å². The predicted molar refractivity (Wildman–Crippen MR) is 48.1 cm³/mol. The molecule has 0 aromatic carbocycles. The van der Waals surface area contributed by atoms with Crippen LogP contribution in [0.2, 0.25) is 0 Å². The van der Waals surface area contributed by atoms with Gasteiger partial charge in [-0.05, 0) is 19.4 Å². The molecule has 2 heterocycles. The van der Waals surface area contributed by atoms with E-state index in [4.69, 9.17) is 4.74 Å². The molecule has 0 aromatic rings. The van der Waals surface area contributed by atoms with E-state index in [1.165, 1.54) is 25.9 Å². The van der Waals surface area contributed by atoms with Crippen molar-refractivity contribution in [3.05, 3.63) is 0 Å². The lowest BCUT2D eigenvalue weighted by atomic mass is 10.2. The summed E-state index contributed by atoms with van der Waals surface area (Å²) in [4.78, 5) is 3.27. The van der Waals surface area contributed by atoms with Gasteiger partial charge in [0.1, 0.15) is 0 Å². The molecule has 11 heavy (non-hydrogen) atoms. The molecule has 0 amide bonds. The summed E-state index contributed by atoms with van der Waals surface area (Å²) in [5.41, 5.74) is 0. The molecule has 0 radical (unpaired) electrons. The summed E-state index contributed by atoms with van der Waals surface area (Å²) in [7, 11) is 0. The Balaban J connectivity index is 1.85. The van der Waals surface area contributed by atoms with Gasteiger partial charge in [-0.3, -0.25) is 4.90 Å². The number of hydrogen-bond donors (Lipinski definition) is 0. The minimum absolute atomic E-state index is 0.720. The maximum Gasteiger partial charge on any atom is 0.0622 e. The first kappa shape index (κ1) is 8.02. The van der Waals surface area contributed by atoms with Gasteiger partial charge >= 0.3 is 0 Å². The van der Waals surface area contributed by atoms with Crippen molar-refractivity contribution in [2.75, 3.05) is 26.3 Å². The molecule has 0 N–H and O–H groups in total. The molecule has 2 nitrogen and oxygen atoms in total. The van der Waals surface area contributed by atoms with Gasteiger partial charge in [0.2, 0.25) is 0 Å². The minimum Gasteiger partial charge on any atom is -0.380 e. The lowest BCUT2D eigenvalue weighted by molar-refractivity contribution is 0.159. The van der Waals surface area contributed by atoms with Gasteiger partial charge in [0.25, 0.3) is 0 Å². The number of ether oxygens (including phenoxy) is 1. The van der Waals surface area contributed by atoms with Crippen LogP contribution in [0.15, 0.2) is 0 Å². The number of likely N-dealkylation sites (tertiary alicyclic amines) is 1. The smallest absolute Gasteiger partial charge is 0.0622 e. The van der Waals surface area contributed by atoms with Gasteiger partial charge in [0, 0.05) is 24.0 Å². The third-order valence-electron chi connectivity index (χ3n) is 2.58. The Kier molecular flexibility index (Phi) is 2.49. The van der Waals surface area contributed by atoms with Crippen molar-refractivity contribution in [2.24, 2.45) is 0 Å². The topological polar surface area (TPSA) is 12.5 Å². The highest BCUT2D eigenvalue weighted by molar-refractivity contribution is 9.09. The highest BCUT2D eigenvalue weighted by atomic mass is 79.9.